The van der Waals surface area contributed by atoms with Crippen molar-refractivity contribution in [3.8, 4) is 16.9 Å². The van der Waals surface area contributed by atoms with Gasteiger partial charge in [0.25, 0.3) is 5.91 Å². The van der Waals surface area contributed by atoms with Crippen molar-refractivity contribution in [2.24, 2.45) is 0 Å². The SMILES string of the molecule is CCN(CC)C(=O)c1ccccc1-c1ccccc1OB(O)O. The Kier molecular flexibility index (Phi) is 5.79. The van der Waals surface area contributed by atoms with Crippen LogP contribution >= 0.6 is 0 Å². The zero-order valence-electron chi connectivity index (χ0n) is 13.3. The van der Waals surface area contributed by atoms with Gasteiger partial charge >= 0.3 is 7.32 Å². The molecule has 0 spiro atoms. The smallest absolute Gasteiger partial charge is 0.512 e. The van der Waals surface area contributed by atoms with Crippen molar-refractivity contribution < 1.29 is 19.5 Å². The summed E-state index contributed by atoms with van der Waals surface area (Å²) in [6.07, 6.45) is 0. The molecule has 2 aromatic rings. The molecule has 0 atom stereocenters. The van der Waals surface area contributed by atoms with Crippen LogP contribution in [0.2, 0.25) is 0 Å². The Labute approximate surface area is 136 Å². The number of hydrogen-bond donors (Lipinski definition) is 2. The molecule has 6 heteroatoms. The van der Waals surface area contributed by atoms with Crippen LogP contribution in [0, 0.1) is 0 Å². The van der Waals surface area contributed by atoms with E-state index in [0.717, 1.165) is 0 Å². The fourth-order valence-corrected chi connectivity index (χ4v) is 2.49. The van der Waals surface area contributed by atoms with Gasteiger partial charge in [0.2, 0.25) is 0 Å². The first-order valence-electron chi connectivity index (χ1n) is 7.59. The molecule has 0 saturated carbocycles. The molecule has 23 heavy (non-hydrogen) atoms. The molecule has 0 unspecified atom stereocenters. The molecule has 2 aromatic carbocycles. The third-order valence-electron chi connectivity index (χ3n) is 3.62. The summed E-state index contributed by atoms with van der Waals surface area (Å²) < 4.78 is 5.03. The zero-order chi connectivity index (χ0) is 16.8. The summed E-state index contributed by atoms with van der Waals surface area (Å²) in [5, 5.41) is 18.2. The van der Waals surface area contributed by atoms with Crippen LogP contribution in [0.3, 0.4) is 0 Å². The Morgan fingerprint density at radius 1 is 1.00 bits per heavy atom. The van der Waals surface area contributed by atoms with Gasteiger partial charge in [0.15, 0.2) is 0 Å². The van der Waals surface area contributed by atoms with Crippen molar-refractivity contribution in [1.82, 2.24) is 4.90 Å². The molecule has 0 fully saturated rings. The lowest BCUT2D eigenvalue weighted by Gasteiger charge is -2.21. The van der Waals surface area contributed by atoms with Crippen molar-refractivity contribution in [2.45, 2.75) is 13.8 Å². The minimum absolute atomic E-state index is 0.0649. The molecule has 0 radical (unpaired) electrons. The summed E-state index contributed by atoms with van der Waals surface area (Å²) in [6, 6.07) is 14.2. The molecule has 120 valence electrons. The summed E-state index contributed by atoms with van der Waals surface area (Å²) >= 11 is 0. The average Bonchev–Trinajstić information content (AvgIpc) is 2.56. The first-order valence-corrected chi connectivity index (χ1v) is 7.59. The van der Waals surface area contributed by atoms with Crippen LogP contribution in [-0.2, 0) is 0 Å². The lowest BCUT2D eigenvalue weighted by Crippen LogP contribution is -2.30. The molecule has 0 bridgehead atoms. The van der Waals surface area contributed by atoms with Gasteiger partial charge in [0.1, 0.15) is 5.75 Å². The Morgan fingerprint density at radius 3 is 2.17 bits per heavy atom. The van der Waals surface area contributed by atoms with Gasteiger partial charge < -0.3 is 19.6 Å². The molecule has 0 saturated heterocycles. The molecule has 0 heterocycles. The molecule has 2 rings (SSSR count). The van der Waals surface area contributed by atoms with Crippen LogP contribution in [0.25, 0.3) is 11.1 Å². The predicted molar refractivity (Wildman–Crippen MR) is 89.9 cm³/mol. The molecule has 0 aliphatic rings. The molecule has 5 nitrogen and oxygen atoms in total. The summed E-state index contributed by atoms with van der Waals surface area (Å²) in [5.74, 6) is 0.243. The van der Waals surface area contributed by atoms with E-state index in [0.29, 0.717) is 35.5 Å². The number of para-hydroxylation sites is 1. The van der Waals surface area contributed by atoms with E-state index < -0.39 is 7.32 Å². The van der Waals surface area contributed by atoms with Crippen LogP contribution in [0.15, 0.2) is 48.5 Å². The maximum absolute atomic E-state index is 12.7. The van der Waals surface area contributed by atoms with Gasteiger partial charge in [-0.25, -0.2) is 0 Å². The van der Waals surface area contributed by atoms with Gasteiger partial charge in [0.05, 0.1) is 0 Å². The number of carbonyl (C=O) groups is 1. The Balaban J connectivity index is 2.52. The van der Waals surface area contributed by atoms with E-state index in [1.54, 1.807) is 29.2 Å². The highest BCUT2D eigenvalue weighted by Crippen LogP contribution is 2.33. The molecule has 2 N–H and O–H groups in total. The van der Waals surface area contributed by atoms with Crippen molar-refractivity contribution >= 4 is 13.2 Å². The van der Waals surface area contributed by atoms with Gasteiger partial charge in [-0.3, -0.25) is 4.79 Å². The first kappa shape index (κ1) is 17.1. The maximum atomic E-state index is 12.7. The normalized spacial score (nSPS) is 10.3. The summed E-state index contributed by atoms with van der Waals surface area (Å²) in [5.41, 5.74) is 1.89. The predicted octanol–water partition coefficient (Wildman–Crippen LogP) is 2.18. The van der Waals surface area contributed by atoms with Crippen LogP contribution in [-0.4, -0.2) is 41.3 Å². The Morgan fingerprint density at radius 2 is 1.57 bits per heavy atom. The molecular weight excluding hydrogens is 293 g/mol. The maximum Gasteiger partial charge on any atom is 0.707 e. The molecule has 0 aromatic heterocycles. The standard InChI is InChI=1S/C17H20BNO4/c1-3-19(4-2)17(20)15-11-6-5-9-13(15)14-10-7-8-12-16(14)23-18(21)22/h5-12,21-22H,3-4H2,1-2H3. The topological polar surface area (TPSA) is 70.0 Å². The van der Waals surface area contributed by atoms with Crippen LogP contribution in [0.4, 0.5) is 0 Å². The van der Waals surface area contributed by atoms with E-state index in [2.05, 4.69) is 0 Å². The molecule has 0 aliphatic heterocycles. The highest BCUT2D eigenvalue weighted by atomic mass is 16.6. The van der Waals surface area contributed by atoms with Crippen molar-refractivity contribution in [2.75, 3.05) is 13.1 Å². The van der Waals surface area contributed by atoms with Crippen molar-refractivity contribution in [3.05, 3.63) is 54.1 Å². The number of rotatable bonds is 6. The van der Waals surface area contributed by atoms with E-state index in [9.17, 15) is 4.79 Å². The van der Waals surface area contributed by atoms with Gasteiger partial charge in [-0.15, -0.1) is 0 Å². The highest BCUT2D eigenvalue weighted by molar-refractivity contribution is 6.34. The van der Waals surface area contributed by atoms with Gasteiger partial charge in [0, 0.05) is 24.2 Å². The third kappa shape index (κ3) is 3.91. The zero-order valence-corrected chi connectivity index (χ0v) is 13.3. The second-order valence-corrected chi connectivity index (χ2v) is 4.96. The largest absolute Gasteiger partial charge is 0.707 e. The van der Waals surface area contributed by atoms with E-state index in [1.165, 1.54) is 0 Å². The monoisotopic (exact) mass is 313 g/mol. The fraction of sp³-hybridized carbons (Fsp3) is 0.235. The number of hydrogen-bond acceptors (Lipinski definition) is 4. The van der Waals surface area contributed by atoms with Gasteiger partial charge in [-0.05, 0) is 31.5 Å². The van der Waals surface area contributed by atoms with E-state index >= 15 is 0 Å². The molecular formula is C17H20BNO4. The quantitative estimate of drug-likeness (QED) is 0.802. The molecule has 0 aliphatic carbocycles. The van der Waals surface area contributed by atoms with Crippen LogP contribution < -0.4 is 4.65 Å². The fourth-order valence-electron chi connectivity index (χ4n) is 2.49. The van der Waals surface area contributed by atoms with Gasteiger partial charge in [-0.1, -0.05) is 36.4 Å². The second kappa shape index (κ2) is 7.81. The average molecular weight is 313 g/mol. The highest BCUT2D eigenvalue weighted by Gasteiger charge is 2.20. The summed E-state index contributed by atoms with van der Waals surface area (Å²) in [7, 11) is -1.92. The number of nitrogens with zero attached hydrogens (tertiary/aromatic N) is 1. The minimum Gasteiger partial charge on any atom is -0.512 e. The summed E-state index contributed by atoms with van der Waals surface area (Å²) in [4.78, 5) is 14.5. The van der Waals surface area contributed by atoms with Crippen LogP contribution in [0.1, 0.15) is 24.2 Å². The van der Waals surface area contributed by atoms with E-state index in [4.69, 9.17) is 14.7 Å². The Hall–Kier alpha value is -2.31. The number of benzene rings is 2. The third-order valence-corrected chi connectivity index (χ3v) is 3.62. The lowest BCUT2D eigenvalue weighted by molar-refractivity contribution is 0.0774. The van der Waals surface area contributed by atoms with Crippen LogP contribution in [0.5, 0.6) is 5.75 Å². The number of amides is 1. The van der Waals surface area contributed by atoms with E-state index in [-0.39, 0.29) is 5.91 Å². The Bertz CT molecular complexity index is 671. The van der Waals surface area contributed by atoms with Gasteiger partial charge in [-0.2, -0.15) is 0 Å². The van der Waals surface area contributed by atoms with E-state index in [1.807, 2.05) is 38.1 Å². The lowest BCUT2D eigenvalue weighted by atomic mass is 9.97. The van der Waals surface area contributed by atoms with Crippen molar-refractivity contribution in [1.29, 1.82) is 0 Å². The first-order chi connectivity index (χ1) is 11.1. The second-order valence-electron chi connectivity index (χ2n) is 4.96. The van der Waals surface area contributed by atoms with Crippen molar-refractivity contribution in [3.63, 3.8) is 0 Å². The minimum atomic E-state index is -1.92. The summed E-state index contributed by atoms with van der Waals surface area (Å²) in [6.45, 7) is 5.11. The molecule has 1 amide bonds. The number of carbonyl (C=O) groups excluding carboxylic acids is 1.